The molecule has 0 aromatic carbocycles. The van der Waals surface area contributed by atoms with Crippen molar-refractivity contribution in [2.45, 2.75) is 32.4 Å². The highest BCUT2D eigenvalue weighted by atomic mass is 32.1. The van der Waals surface area contributed by atoms with Gasteiger partial charge in [0, 0.05) is 29.9 Å². The summed E-state index contributed by atoms with van der Waals surface area (Å²) < 4.78 is 0. The number of hydrogen-bond acceptors (Lipinski definition) is 5. The van der Waals surface area contributed by atoms with E-state index in [1.165, 1.54) is 11.3 Å². The van der Waals surface area contributed by atoms with Gasteiger partial charge < -0.3 is 10.8 Å². The van der Waals surface area contributed by atoms with Crippen molar-refractivity contribution in [1.82, 2.24) is 9.88 Å². The van der Waals surface area contributed by atoms with Crippen molar-refractivity contribution < 1.29 is 9.90 Å². The number of aromatic nitrogens is 1. The van der Waals surface area contributed by atoms with Gasteiger partial charge in [-0.3, -0.25) is 9.69 Å². The van der Waals surface area contributed by atoms with Crippen LogP contribution in [0.5, 0.6) is 0 Å². The molecule has 2 rings (SSSR count). The van der Waals surface area contributed by atoms with Crippen LogP contribution in [-0.4, -0.2) is 39.6 Å². The molecular weight excluding hydrogens is 238 g/mol. The number of carbonyl (C=O) groups is 1. The lowest BCUT2D eigenvalue weighted by atomic mass is 10.0. The maximum Gasteiger partial charge on any atom is 0.277 e. The van der Waals surface area contributed by atoms with Crippen LogP contribution in [0.3, 0.4) is 0 Å². The van der Waals surface area contributed by atoms with Gasteiger partial charge in [-0.05, 0) is 13.8 Å². The van der Waals surface area contributed by atoms with Crippen LogP contribution < -0.4 is 5.73 Å². The van der Waals surface area contributed by atoms with Gasteiger partial charge in [-0.25, -0.2) is 4.98 Å². The maximum absolute atomic E-state index is 11.1. The van der Waals surface area contributed by atoms with Gasteiger partial charge in [0.15, 0.2) is 5.01 Å². The molecule has 2 heterocycles. The minimum Gasteiger partial charge on any atom is -0.394 e. The second kappa shape index (κ2) is 4.36. The topological polar surface area (TPSA) is 79.4 Å². The number of primary amides is 1. The quantitative estimate of drug-likeness (QED) is 0.818. The second-order valence-electron chi connectivity index (χ2n) is 4.90. The Kier molecular flexibility index (Phi) is 3.20. The van der Waals surface area contributed by atoms with Crippen LogP contribution in [-0.2, 0) is 13.0 Å². The van der Waals surface area contributed by atoms with E-state index in [4.69, 9.17) is 5.73 Å². The molecule has 0 fully saturated rings. The zero-order valence-electron chi connectivity index (χ0n) is 10.1. The highest BCUT2D eigenvalue weighted by Crippen LogP contribution is 2.28. The van der Waals surface area contributed by atoms with E-state index >= 15 is 0 Å². The molecule has 5 nitrogen and oxygen atoms in total. The van der Waals surface area contributed by atoms with Crippen LogP contribution in [0.1, 0.15) is 34.2 Å². The summed E-state index contributed by atoms with van der Waals surface area (Å²) in [4.78, 5) is 18.6. The summed E-state index contributed by atoms with van der Waals surface area (Å²) >= 11 is 1.36. The summed E-state index contributed by atoms with van der Waals surface area (Å²) in [6, 6.07) is 0. The Balaban J connectivity index is 2.21. The Morgan fingerprint density at radius 2 is 2.35 bits per heavy atom. The number of amides is 1. The van der Waals surface area contributed by atoms with E-state index in [1.54, 1.807) is 0 Å². The Morgan fingerprint density at radius 1 is 1.65 bits per heavy atom. The van der Waals surface area contributed by atoms with E-state index in [2.05, 4.69) is 9.88 Å². The average Bonchev–Trinajstić information content (AvgIpc) is 2.71. The second-order valence-corrected chi connectivity index (χ2v) is 5.98. The number of aliphatic hydroxyl groups excluding tert-OH is 1. The number of aliphatic hydroxyl groups is 1. The zero-order chi connectivity index (χ0) is 12.6. The Morgan fingerprint density at radius 3 is 2.94 bits per heavy atom. The lowest BCUT2D eigenvalue weighted by Gasteiger charge is -2.39. The fraction of sp³-hybridized carbons (Fsp3) is 0.636. The zero-order valence-corrected chi connectivity index (χ0v) is 10.9. The molecule has 0 radical (unpaired) electrons. The fourth-order valence-electron chi connectivity index (χ4n) is 1.92. The van der Waals surface area contributed by atoms with Crippen molar-refractivity contribution in [1.29, 1.82) is 0 Å². The largest absolute Gasteiger partial charge is 0.394 e. The Hall–Kier alpha value is -0.980. The number of thiazole rings is 1. The number of rotatable bonds is 3. The molecule has 0 saturated heterocycles. The number of nitrogens with zero attached hydrogens (tertiary/aromatic N) is 2. The smallest absolute Gasteiger partial charge is 0.277 e. The minimum atomic E-state index is -0.461. The van der Waals surface area contributed by atoms with Gasteiger partial charge in [-0.15, -0.1) is 11.3 Å². The van der Waals surface area contributed by atoms with Gasteiger partial charge in [0.05, 0.1) is 12.3 Å². The third-order valence-corrected chi connectivity index (χ3v) is 4.28. The van der Waals surface area contributed by atoms with E-state index in [-0.39, 0.29) is 12.1 Å². The summed E-state index contributed by atoms with van der Waals surface area (Å²) in [5.74, 6) is -0.461. The number of fused-ring (bicyclic) bond motifs is 1. The predicted octanol–water partition coefficient (Wildman–Crippen LogP) is 0.371. The van der Waals surface area contributed by atoms with Gasteiger partial charge in [-0.2, -0.15) is 0 Å². The van der Waals surface area contributed by atoms with Crippen LogP contribution in [0.2, 0.25) is 0 Å². The molecule has 1 aliphatic rings. The summed E-state index contributed by atoms with van der Waals surface area (Å²) in [5, 5.41) is 9.75. The molecule has 0 bridgehead atoms. The summed E-state index contributed by atoms with van der Waals surface area (Å²) in [5.41, 5.74) is 5.97. The summed E-state index contributed by atoms with van der Waals surface area (Å²) in [6.07, 6.45) is 0.808. The average molecular weight is 255 g/mol. The van der Waals surface area contributed by atoms with Crippen molar-refractivity contribution in [3.05, 3.63) is 15.6 Å². The minimum absolute atomic E-state index is 0.115. The van der Waals surface area contributed by atoms with Gasteiger partial charge in [0.1, 0.15) is 0 Å². The lowest BCUT2D eigenvalue weighted by Crippen LogP contribution is -2.48. The molecule has 0 spiro atoms. The standard InChI is InChI=1S/C11H17N3O2S/c1-11(2,6-15)14-4-3-7-8(5-14)17-10(13-7)9(12)16/h15H,3-6H2,1-2H3,(H2,12,16). The molecule has 0 saturated carbocycles. The van der Waals surface area contributed by atoms with Crippen molar-refractivity contribution in [3.8, 4) is 0 Å². The van der Waals surface area contributed by atoms with E-state index < -0.39 is 5.91 Å². The van der Waals surface area contributed by atoms with Gasteiger partial charge in [0.25, 0.3) is 5.91 Å². The van der Waals surface area contributed by atoms with E-state index in [0.717, 1.165) is 30.1 Å². The van der Waals surface area contributed by atoms with Crippen LogP contribution in [0.15, 0.2) is 0 Å². The maximum atomic E-state index is 11.1. The van der Waals surface area contributed by atoms with Crippen molar-refractivity contribution in [3.63, 3.8) is 0 Å². The SMILES string of the molecule is CC(C)(CO)N1CCc2nc(C(N)=O)sc2C1. The van der Waals surface area contributed by atoms with Crippen molar-refractivity contribution >= 4 is 17.2 Å². The first-order chi connectivity index (χ1) is 7.94. The first kappa shape index (κ1) is 12.5. The van der Waals surface area contributed by atoms with Gasteiger partial charge in [0.2, 0.25) is 0 Å². The molecule has 1 aromatic heterocycles. The van der Waals surface area contributed by atoms with E-state index in [9.17, 15) is 9.90 Å². The summed E-state index contributed by atoms with van der Waals surface area (Å²) in [6.45, 7) is 5.71. The molecule has 3 N–H and O–H groups in total. The lowest BCUT2D eigenvalue weighted by molar-refractivity contribution is 0.0471. The summed E-state index contributed by atoms with van der Waals surface area (Å²) in [7, 11) is 0. The molecule has 1 amide bonds. The predicted molar refractivity (Wildman–Crippen MR) is 65.9 cm³/mol. The molecule has 0 unspecified atom stereocenters. The van der Waals surface area contributed by atoms with Gasteiger partial charge >= 0.3 is 0 Å². The molecule has 0 atom stereocenters. The molecular formula is C11H17N3O2S. The van der Waals surface area contributed by atoms with Crippen LogP contribution in [0.25, 0.3) is 0 Å². The van der Waals surface area contributed by atoms with Crippen LogP contribution in [0, 0.1) is 0 Å². The van der Waals surface area contributed by atoms with Crippen LogP contribution >= 0.6 is 11.3 Å². The first-order valence-electron chi connectivity index (χ1n) is 5.58. The number of carbonyl (C=O) groups excluding carboxylic acids is 1. The van der Waals surface area contributed by atoms with Crippen molar-refractivity contribution in [2.24, 2.45) is 5.73 Å². The van der Waals surface area contributed by atoms with Crippen molar-refractivity contribution in [2.75, 3.05) is 13.2 Å². The Labute approximate surface area is 104 Å². The molecule has 6 heteroatoms. The highest BCUT2D eigenvalue weighted by molar-refractivity contribution is 7.13. The van der Waals surface area contributed by atoms with E-state index in [0.29, 0.717) is 5.01 Å². The molecule has 17 heavy (non-hydrogen) atoms. The third-order valence-electron chi connectivity index (χ3n) is 3.19. The monoisotopic (exact) mass is 255 g/mol. The van der Waals surface area contributed by atoms with Crippen LogP contribution in [0.4, 0.5) is 0 Å². The van der Waals surface area contributed by atoms with E-state index in [1.807, 2.05) is 13.8 Å². The number of hydrogen-bond donors (Lipinski definition) is 2. The molecule has 94 valence electrons. The molecule has 0 aliphatic carbocycles. The normalized spacial score (nSPS) is 16.9. The Bertz CT molecular complexity index is 442. The molecule has 1 aliphatic heterocycles. The fourth-order valence-corrected chi connectivity index (χ4v) is 2.89. The first-order valence-corrected chi connectivity index (χ1v) is 6.40. The highest BCUT2D eigenvalue weighted by Gasteiger charge is 2.31. The number of nitrogens with two attached hydrogens (primary N) is 1. The molecule has 1 aromatic rings. The van der Waals surface area contributed by atoms with Gasteiger partial charge in [-0.1, -0.05) is 0 Å². The third kappa shape index (κ3) is 2.34.